The number of phosphoric acid groups is 3. The Bertz CT molecular complexity index is 2580. The van der Waals surface area contributed by atoms with Crippen LogP contribution < -0.4 is 16.0 Å². The summed E-state index contributed by atoms with van der Waals surface area (Å²) in [5.41, 5.74) is 0.819. The second-order valence-electron chi connectivity index (χ2n) is 17.7. The molecule has 426 valence electrons. The van der Waals surface area contributed by atoms with Crippen LogP contribution in [0.2, 0.25) is 0 Å². The van der Waals surface area contributed by atoms with Crippen molar-refractivity contribution in [2.45, 2.75) is 119 Å². The Morgan fingerprint density at radius 2 is 1.17 bits per heavy atom. The van der Waals surface area contributed by atoms with Gasteiger partial charge in [-0.25, -0.2) is 28.6 Å². The van der Waals surface area contributed by atoms with Gasteiger partial charge in [-0.15, -0.1) is 0 Å². The number of amides is 2. The summed E-state index contributed by atoms with van der Waals surface area (Å²) < 4.78 is 81.0. The maximum Gasteiger partial charge on any atom is 0.469 e. The average molecular weight is 1150 g/mol. The lowest BCUT2D eigenvalue weighted by Crippen LogP contribution is -2.46. The van der Waals surface area contributed by atoms with Crippen molar-refractivity contribution in [3.05, 3.63) is 62.0 Å². The van der Waals surface area contributed by atoms with Crippen LogP contribution in [0, 0.1) is 0 Å². The highest BCUT2D eigenvalue weighted by molar-refractivity contribution is 7.46. The molecule has 0 saturated carbocycles. The molecule has 2 amide bonds. The summed E-state index contributed by atoms with van der Waals surface area (Å²) in [7, 11) is -14.1. The van der Waals surface area contributed by atoms with Crippen LogP contribution in [0.5, 0.6) is 0 Å². The number of imidazole rings is 1. The number of hydrogen-bond acceptors (Lipinski definition) is 24. The third-order valence-electron chi connectivity index (χ3n) is 11.5. The van der Waals surface area contributed by atoms with Crippen LogP contribution in [0.4, 0.5) is 5.82 Å². The summed E-state index contributed by atoms with van der Waals surface area (Å²) in [5.74, 6) is -0.651. The van der Waals surface area contributed by atoms with Crippen molar-refractivity contribution in [1.82, 2.24) is 40.0 Å². The van der Waals surface area contributed by atoms with Gasteiger partial charge in [0.15, 0.2) is 41.5 Å². The highest BCUT2D eigenvalue weighted by Gasteiger charge is 2.57. The van der Waals surface area contributed by atoms with Crippen LogP contribution in [-0.2, 0) is 65.3 Å². The van der Waals surface area contributed by atoms with Gasteiger partial charge < -0.3 is 104 Å². The molecular formula is C40H62N9O24P3. The van der Waals surface area contributed by atoms with E-state index in [0.717, 1.165) is 25.9 Å². The fourth-order valence-electron chi connectivity index (χ4n) is 8.07. The fourth-order valence-corrected chi connectivity index (χ4v) is 9.09. The van der Waals surface area contributed by atoms with Crippen LogP contribution in [0.1, 0.15) is 46.3 Å². The molecule has 0 aromatic carbocycles. The molecular weight excluding hydrogens is 1080 g/mol. The van der Waals surface area contributed by atoms with Crippen LogP contribution in [0.15, 0.2) is 62.0 Å². The standard InChI is InChI=1S/C17H28N5O8P.C13H19N2O8P.C10H15N2O8P/c1-2-3-6-28-7-4-5-18-15-12-16(20-9-19-15)22(10-21-12)17-14(24)13(23)11(30-17)8-29-31(25,26)27;1-7-14-9(16)4-5-15(7)12-11-10(22-13(2,3)23-11)8(21-12)6-20-24(17,18)19;1-5-11-7(13)2-3-12(5)10-9(15)8(14)6(20-10)4-19-21(16,17)18/h9-11,13-14,17,23-24H,2-8H2,1H3,(H,18,19,20)(H2,25,26,27);4-5,8,10-12H,1,6H2,2-3H3,(H,14,16)(H2,17,18,19);2-3,6,8-10,14-15H,1,4H2,(H,11,13)(H2,16,17,18)/t11-,13?,14-,17-;8-,10-,11?,12-;6-,8-,9?,10-/m111/s1. The molecule has 76 heavy (non-hydrogen) atoms. The topological polar surface area (TPSA) is 457 Å². The van der Waals surface area contributed by atoms with Gasteiger partial charge in [0, 0.05) is 44.3 Å². The summed E-state index contributed by atoms with van der Waals surface area (Å²) in [6.45, 7) is 13.3. The molecule has 3 unspecified atom stereocenters. The van der Waals surface area contributed by atoms with E-state index in [1.165, 1.54) is 46.7 Å². The van der Waals surface area contributed by atoms with Crippen molar-refractivity contribution < 1.29 is 115 Å². The molecule has 0 bridgehead atoms. The van der Waals surface area contributed by atoms with Crippen LogP contribution in [0.3, 0.4) is 0 Å². The van der Waals surface area contributed by atoms with Gasteiger partial charge in [-0.3, -0.25) is 27.7 Å². The Labute approximate surface area is 432 Å². The predicted molar refractivity (Wildman–Crippen MR) is 254 cm³/mol. The largest absolute Gasteiger partial charge is 0.469 e. The minimum absolute atomic E-state index is 0.135. The number of aliphatic hydroxyl groups is 4. The van der Waals surface area contributed by atoms with Gasteiger partial charge in [-0.05, 0) is 26.7 Å². The van der Waals surface area contributed by atoms with Crippen molar-refractivity contribution >= 4 is 52.3 Å². The molecule has 33 nitrogen and oxygen atoms in total. The van der Waals surface area contributed by atoms with E-state index in [-0.39, 0.29) is 18.3 Å². The minimum Gasteiger partial charge on any atom is -0.387 e. The van der Waals surface area contributed by atoms with E-state index < -0.39 is 122 Å². The Kier molecular flexibility index (Phi) is 20.6. The molecule has 4 saturated heterocycles. The zero-order valence-electron chi connectivity index (χ0n) is 40.9. The first-order valence-corrected chi connectivity index (χ1v) is 27.7. The maximum atomic E-state index is 11.4. The lowest BCUT2D eigenvalue weighted by molar-refractivity contribution is -0.202. The van der Waals surface area contributed by atoms with Crippen LogP contribution >= 0.6 is 23.5 Å². The SMILES string of the molecule is C=C1NC(=O)C=CN1[C@@H]1O[C@H](COP(=O)(O)O)[C@@H](O)C1O.C=C1NC(=O)C=CN1[C@@H]1O[C@H](COP(=O)(O)O)[C@H]2OC(C)(C)OC12.CCCCOCCCNc1ncnc2c1ncn2[C@@H]1O[C@H](COP(=O)(O)O)C(O)[C@H]1O. The number of nitrogens with one attached hydrogen (secondary N) is 3. The second kappa shape index (κ2) is 25.7. The van der Waals surface area contributed by atoms with Gasteiger partial charge in [0.1, 0.15) is 72.9 Å². The molecule has 2 aromatic rings. The number of aliphatic hydroxyl groups excluding tert-OH is 4. The molecule has 0 spiro atoms. The van der Waals surface area contributed by atoms with E-state index >= 15 is 0 Å². The van der Waals surface area contributed by atoms with Gasteiger partial charge in [-0.1, -0.05) is 26.5 Å². The number of carbonyl (C=O) groups excluding carboxylic acids is 2. The normalized spacial score (nSPS) is 30.2. The number of fused-ring (bicyclic) bond motifs is 2. The number of ether oxygens (including phenoxy) is 6. The summed E-state index contributed by atoms with van der Waals surface area (Å²) >= 11 is 0. The first kappa shape index (κ1) is 61.0. The third-order valence-corrected chi connectivity index (χ3v) is 13.0. The summed E-state index contributed by atoms with van der Waals surface area (Å²) in [6.07, 6.45) is -1.66. The molecule has 36 heteroatoms. The Morgan fingerprint density at radius 1 is 0.684 bits per heavy atom. The van der Waals surface area contributed by atoms with E-state index in [1.54, 1.807) is 18.7 Å². The number of rotatable bonds is 20. The second-order valence-corrected chi connectivity index (χ2v) is 21.4. The zero-order chi connectivity index (χ0) is 55.9. The number of phosphoric ester groups is 3. The summed E-state index contributed by atoms with van der Waals surface area (Å²) in [5, 5.41) is 48.4. The molecule has 6 aliphatic heterocycles. The van der Waals surface area contributed by atoms with E-state index in [4.69, 9.17) is 57.8 Å². The first-order valence-electron chi connectivity index (χ1n) is 23.1. The maximum absolute atomic E-state index is 11.4. The van der Waals surface area contributed by atoms with E-state index in [9.17, 15) is 43.7 Å². The Morgan fingerprint density at radius 3 is 1.71 bits per heavy atom. The molecule has 2 aromatic heterocycles. The van der Waals surface area contributed by atoms with Crippen LogP contribution in [0.25, 0.3) is 11.2 Å². The number of nitrogens with zero attached hydrogens (tertiary/aromatic N) is 6. The molecule has 6 aliphatic rings. The number of aromatic nitrogens is 4. The monoisotopic (exact) mass is 1150 g/mol. The molecule has 4 fully saturated rings. The van der Waals surface area contributed by atoms with Gasteiger partial charge in [0.25, 0.3) is 11.8 Å². The van der Waals surface area contributed by atoms with E-state index in [1.807, 2.05) is 0 Å². The summed E-state index contributed by atoms with van der Waals surface area (Å²) in [4.78, 5) is 90.7. The number of anilines is 1. The lowest BCUT2D eigenvalue weighted by atomic mass is 10.1. The molecule has 12 atom stereocenters. The number of unbranched alkanes of at least 4 members (excludes halogenated alkanes) is 1. The van der Waals surface area contributed by atoms with Gasteiger partial charge in [0.2, 0.25) is 0 Å². The predicted octanol–water partition coefficient (Wildman–Crippen LogP) is -2.11. The van der Waals surface area contributed by atoms with E-state index in [2.05, 4.69) is 64.6 Å². The van der Waals surface area contributed by atoms with Crippen molar-refractivity contribution in [3.8, 4) is 0 Å². The average Bonchev–Trinajstić information content (AvgIpc) is 4.12. The Hall–Kier alpha value is -4.22. The van der Waals surface area contributed by atoms with Gasteiger partial charge in [-0.2, -0.15) is 0 Å². The third kappa shape index (κ3) is 16.4. The minimum atomic E-state index is -4.74. The van der Waals surface area contributed by atoms with Crippen molar-refractivity contribution in [2.75, 3.05) is 44.9 Å². The zero-order valence-corrected chi connectivity index (χ0v) is 43.6. The van der Waals surface area contributed by atoms with Crippen molar-refractivity contribution in [2.24, 2.45) is 0 Å². The highest BCUT2D eigenvalue weighted by Crippen LogP contribution is 2.44. The number of carbonyl (C=O) groups is 2. The van der Waals surface area contributed by atoms with Crippen molar-refractivity contribution in [3.63, 3.8) is 0 Å². The van der Waals surface area contributed by atoms with E-state index in [0.29, 0.717) is 36.0 Å². The quantitative estimate of drug-likeness (QED) is 0.0498. The highest BCUT2D eigenvalue weighted by atomic mass is 31.2. The molecule has 13 N–H and O–H groups in total. The summed E-state index contributed by atoms with van der Waals surface area (Å²) in [6, 6.07) is 0. The van der Waals surface area contributed by atoms with Crippen molar-refractivity contribution in [1.29, 1.82) is 0 Å². The molecule has 8 rings (SSSR count). The lowest BCUT2D eigenvalue weighted by Gasteiger charge is -2.34. The van der Waals surface area contributed by atoms with Gasteiger partial charge in [0.05, 0.1) is 26.1 Å². The Balaban J connectivity index is 0.000000189. The fraction of sp³-hybridized carbons (Fsp3) is 0.625. The first-order chi connectivity index (χ1) is 35.6. The number of hydrogen-bond donors (Lipinski definition) is 13. The van der Waals surface area contributed by atoms with Gasteiger partial charge >= 0.3 is 23.5 Å². The molecule has 0 radical (unpaired) electrons. The molecule has 0 aliphatic carbocycles. The molecule has 8 heterocycles. The van der Waals surface area contributed by atoms with Crippen LogP contribution in [-0.4, -0.2) is 204 Å². The smallest absolute Gasteiger partial charge is 0.387 e.